The Bertz CT molecular complexity index is 1050. The number of aromatic nitrogens is 2. The molecule has 2 N–H and O–H groups in total. The molecule has 1 aliphatic rings. The van der Waals surface area contributed by atoms with E-state index >= 15 is 0 Å². The zero-order chi connectivity index (χ0) is 19.7. The summed E-state index contributed by atoms with van der Waals surface area (Å²) in [5, 5.41) is 2.89. The van der Waals surface area contributed by atoms with Gasteiger partial charge in [0.25, 0.3) is 0 Å². The van der Waals surface area contributed by atoms with Crippen molar-refractivity contribution in [1.82, 2.24) is 9.97 Å². The molecule has 1 atom stereocenters. The summed E-state index contributed by atoms with van der Waals surface area (Å²) in [5.41, 5.74) is 2.95. The average Bonchev–Trinajstić information content (AvgIpc) is 3.33. The summed E-state index contributed by atoms with van der Waals surface area (Å²) in [4.78, 5) is 34.0. The Morgan fingerprint density at radius 1 is 1.21 bits per heavy atom. The molecule has 0 saturated carbocycles. The lowest BCUT2D eigenvalue weighted by Gasteiger charge is -2.20. The maximum atomic E-state index is 12.7. The van der Waals surface area contributed by atoms with Gasteiger partial charge in [-0.3, -0.25) is 9.59 Å². The van der Waals surface area contributed by atoms with Crippen LogP contribution in [-0.4, -0.2) is 42.5 Å². The number of ether oxygens (including phenoxy) is 2. The van der Waals surface area contributed by atoms with E-state index in [1.165, 1.54) is 7.11 Å². The van der Waals surface area contributed by atoms with Crippen LogP contribution < -0.4 is 19.7 Å². The average molecular weight is 380 g/mol. The molecule has 0 bridgehead atoms. The SMILES string of the molecule is COc1ccc(N2C[C@H](C(=O)Nc3ccc4nc[nH]c4c3)CC2=O)c(OC)c1. The van der Waals surface area contributed by atoms with E-state index in [2.05, 4.69) is 15.3 Å². The van der Waals surface area contributed by atoms with Crippen LogP contribution in [-0.2, 0) is 9.59 Å². The third kappa shape index (κ3) is 3.24. The Morgan fingerprint density at radius 2 is 2.07 bits per heavy atom. The number of nitrogens with zero attached hydrogens (tertiary/aromatic N) is 2. The lowest BCUT2D eigenvalue weighted by Crippen LogP contribution is -2.28. The first kappa shape index (κ1) is 17.8. The number of benzene rings is 2. The number of fused-ring (bicyclic) bond motifs is 1. The highest BCUT2D eigenvalue weighted by atomic mass is 16.5. The van der Waals surface area contributed by atoms with E-state index in [0.29, 0.717) is 29.4 Å². The largest absolute Gasteiger partial charge is 0.497 e. The highest BCUT2D eigenvalue weighted by molar-refractivity contribution is 6.04. The van der Waals surface area contributed by atoms with Gasteiger partial charge in [-0.25, -0.2) is 4.98 Å². The minimum Gasteiger partial charge on any atom is -0.497 e. The molecule has 0 unspecified atom stereocenters. The lowest BCUT2D eigenvalue weighted by molar-refractivity contribution is -0.122. The number of anilines is 2. The van der Waals surface area contributed by atoms with Gasteiger partial charge in [0, 0.05) is 24.7 Å². The number of imidazole rings is 1. The van der Waals surface area contributed by atoms with Crippen LogP contribution in [0.25, 0.3) is 11.0 Å². The lowest BCUT2D eigenvalue weighted by atomic mass is 10.1. The summed E-state index contributed by atoms with van der Waals surface area (Å²) in [6.07, 6.45) is 1.75. The van der Waals surface area contributed by atoms with Crippen molar-refractivity contribution in [2.24, 2.45) is 5.92 Å². The molecule has 144 valence electrons. The predicted octanol–water partition coefficient (Wildman–Crippen LogP) is 2.57. The van der Waals surface area contributed by atoms with Crippen LogP contribution in [0, 0.1) is 5.92 Å². The smallest absolute Gasteiger partial charge is 0.229 e. The first-order valence-electron chi connectivity index (χ1n) is 8.85. The third-order valence-corrected chi connectivity index (χ3v) is 4.86. The van der Waals surface area contributed by atoms with E-state index in [1.54, 1.807) is 42.6 Å². The molecule has 2 heterocycles. The molecular weight excluding hydrogens is 360 g/mol. The molecule has 1 fully saturated rings. The Balaban J connectivity index is 1.50. The van der Waals surface area contributed by atoms with Gasteiger partial charge in [-0.2, -0.15) is 0 Å². The van der Waals surface area contributed by atoms with E-state index in [4.69, 9.17) is 9.47 Å². The second-order valence-electron chi connectivity index (χ2n) is 6.57. The molecule has 2 amide bonds. The molecular formula is C20H20N4O4. The number of aromatic amines is 1. The van der Waals surface area contributed by atoms with Gasteiger partial charge in [0.1, 0.15) is 11.5 Å². The van der Waals surface area contributed by atoms with Crippen molar-refractivity contribution < 1.29 is 19.1 Å². The summed E-state index contributed by atoms with van der Waals surface area (Å²) < 4.78 is 10.6. The van der Waals surface area contributed by atoms with Crippen LogP contribution in [0.15, 0.2) is 42.7 Å². The van der Waals surface area contributed by atoms with Gasteiger partial charge in [0.05, 0.1) is 43.2 Å². The zero-order valence-corrected chi connectivity index (χ0v) is 15.6. The van der Waals surface area contributed by atoms with Crippen LogP contribution in [0.4, 0.5) is 11.4 Å². The van der Waals surface area contributed by atoms with Crippen molar-refractivity contribution in [2.75, 3.05) is 31.0 Å². The van der Waals surface area contributed by atoms with E-state index in [-0.39, 0.29) is 18.2 Å². The van der Waals surface area contributed by atoms with Crippen molar-refractivity contribution in [3.8, 4) is 11.5 Å². The number of hydrogen-bond acceptors (Lipinski definition) is 5. The summed E-state index contributed by atoms with van der Waals surface area (Å²) >= 11 is 0. The molecule has 0 aliphatic carbocycles. The monoisotopic (exact) mass is 380 g/mol. The van der Waals surface area contributed by atoms with Gasteiger partial charge in [0.15, 0.2) is 0 Å². The standard InChI is InChI=1S/C20H20N4O4/c1-27-14-4-6-17(18(9-14)28-2)24-10-12(7-19(24)25)20(26)23-13-3-5-15-16(8-13)22-11-21-15/h3-6,8-9,11-12H,7,10H2,1-2H3,(H,21,22)(H,23,26)/t12-/m1/s1. The number of methoxy groups -OCH3 is 2. The highest BCUT2D eigenvalue weighted by Crippen LogP contribution is 2.36. The quantitative estimate of drug-likeness (QED) is 0.709. The Morgan fingerprint density at radius 3 is 2.86 bits per heavy atom. The van der Waals surface area contributed by atoms with Gasteiger partial charge in [-0.05, 0) is 30.3 Å². The van der Waals surface area contributed by atoms with Gasteiger partial charge in [0.2, 0.25) is 11.8 Å². The van der Waals surface area contributed by atoms with Crippen molar-refractivity contribution in [1.29, 1.82) is 0 Å². The summed E-state index contributed by atoms with van der Waals surface area (Å²) in [7, 11) is 3.10. The molecule has 3 aromatic rings. The maximum absolute atomic E-state index is 12.7. The number of nitrogens with one attached hydrogen (secondary N) is 2. The normalized spacial score (nSPS) is 16.4. The Kier molecular flexibility index (Phi) is 4.60. The Hall–Kier alpha value is -3.55. The van der Waals surface area contributed by atoms with Crippen molar-refractivity contribution in [3.05, 3.63) is 42.7 Å². The van der Waals surface area contributed by atoms with Crippen LogP contribution in [0.5, 0.6) is 11.5 Å². The molecule has 28 heavy (non-hydrogen) atoms. The fourth-order valence-electron chi connectivity index (χ4n) is 3.38. The minimum atomic E-state index is -0.447. The van der Waals surface area contributed by atoms with Gasteiger partial charge < -0.3 is 24.7 Å². The van der Waals surface area contributed by atoms with Crippen LogP contribution in [0.3, 0.4) is 0 Å². The summed E-state index contributed by atoms with van der Waals surface area (Å²) in [6.45, 7) is 0.291. The maximum Gasteiger partial charge on any atom is 0.229 e. The Labute approximate surface area is 161 Å². The first-order chi connectivity index (χ1) is 13.6. The number of hydrogen-bond donors (Lipinski definition) is 2. The van der Waals surface area contributed by atoms with E-state index in [0.717, 1.165) is 11.0 Å². The second kappa shape index (κ2) is 7.22. The molecule has 4 rings (SSSR count). The number of H-pyrrole nitrogens is 1. The molecule has 1 saturated heterocycles. The van der Waals surface area contributed by atoms with Crippen LogP contribution in [0.2, 0.25) is 0 Å². The fourth-order valence-corrected chi connectivity index (χ4v) is 3.38. The number of carbonyl (C=O) groups is 2. The summed E-state index contributed by atoms with van der Waals surface area (Å²) in [6, 6.07) is 10.7. The summed E-state index contributed by atoms with van der Waals surface area (Å²) in [5.74, 6) is 0.404. The van der Waals surface area contributed by atoms with Gasteiger partial charge in [-0.1, -0.05) is 0 Å². The highest BCUT2D eigenvalue weighted by Gasteiger charge is 2.36. The minimum absolute atomic E-state index is 0.118. The van der Waals surface area contributed by atoms with E-state index in [9.17, 15) is 9.59 Å². The van der Waals surface area contributed by atoms with Crippen molar-refractivity contribution >= 4 is 34.2 Å². The fraction of sp³-hybridized carbons (Fsp3) is 0.250. The zero-order valence-electron chi connectivity index (χ0n) is 15.6. The van der Waals surface area contributed by atoms with Gasteiger partial charge >= 0.3 is 0 Å². The van der Waals surface area contributed by atoms with E-state index < -0.39 is 5.92 Å². The van der Waals surface area contributed by atoms with Crippen molar-refractivity contribution in [2.45, 2.75) is 6.42 Å². The van der Waals surface area contributed by atoms with Crippen LogP contribution in [0.1, 0.15) is 6.42 Å². The number of amides is 2. The molecule has 8 heteroatoms. The van der Waals surface area contributed by atoms with Crippen molar-refractivity contribution in [3.63, 3.8) is 0 Å². The predicted molar refractivity (Wildman–Crippen MR) is 105 cm³/mol. The molecule has 2 aromatic carbocycles. The molecule has 0 spiro atoms. The number of carbonyl (C=O) groups excluding carboxylic acids is 2. The molecule has 0 radical (unpaired) electrons. The number of rotatable bonds is 5. The molecule has 8 nitrogen and oxygen atoms in total. The van der Waals surface area contributed by atoms with Gasteiger partial charge in [-0.15, -0.1) is 0 Å². The van der Waals surface area contributed by atoms with Crippen LogP contribution >= 0.6 is 0 Å². The second-order valence-corrected chi connectivity index (χ2v) is 6.57. The first-order valence-corrected chi connectivity index (χ1v) is 8.85. The third-order valence-electron chi connectivity index (χ3n) is 4.86. The topological polar surface area (TPSA) is 96.5 Å². The molecule has 1 aromatic heterocycles. The van der Waals surface area contributed by atoms with E-state index in [1.807, 2.05) is 12.1 Å². The molecule has 1 aliphatic heterocycles.